The van der Waals surface area contributed by atoms with Gasteiger partial charge in [0.1, 0.15) is 35.7 Å². The number of ether oxygens (including phenoxy) is 2. The van der Waals surface area contributed by atoms with Crippen LogP contribution in [0.2, 0.25) is 0 Å². The summed E-state index contributed by atoms with van der Waals surface area (Å²) in [5.74, 6) is 1.40. The Bertz CT molecular complexity index is 1470. The van der Waals surface area contributed by atoms with Gasteiger partial charge in [-0.1, -0.05) is 66.7 Å². The largest absolute Gasteiger partial charge is 0.507 e. The number of hydrogen-bond acceptors (Lipinski definition) is 5. The Morgan fingerprint density at radius 2 is 1.32 bits per heavy atom. The summed E-state index contributed by atoms with van der Waals surface area (Å²) in [6, 6.07) is 31.3. The van der Waals surface area contributed by atoms with Gasteiger partial charge in [0.25, 0.3) is 0 Å². The minimum absolute atomic E-state index is 0.102. The number of benzene rings is 4. The zero-order chi connectivity index (χ0) is 23.3. The molecular formula is C29H22O5. The number of hydrogen-bond donors (Lipinski definition) is 1. The van der Waals surface area contributed by atoms with Gasteiger partial charge in [0.05, 0.1) is 0 Å². The highest BCUT2D eigenvalue weighted by atomic mass is 16.5. The molecule has 0 amide bonds. The summed E-state index contributed by atoms with van der Waals surface area (Å²) in [5.41, 5.74) is 2.73. The summed E-state index contributed by atoms with van der Waals surface area (Å²) in [5, 5.41) is 10.2. The summed E-state index contributed by atoms with van der Waals surface area (Å²) >= 11 is 0. The van der Waals surface area contributed by atoms with Crippen LogP contribution in [0.25, 0.3) is 22.3 Å². The minimum Gasteiger partial charge on any atom is -0.507 e. The zero-order valence-electron chi connectivity index (χ0n) is 18.3. The Kier molecular flexibility index (Phi) is 5.99. The molecule has 0 fully saturated rings. The standard InChI is InChI=1S/C29H22O5/c30-23-12-7-13-26-29(23)24(31)17-27(34-26)22-14-15-25(32-18-20-8-3-1-4-9-20)28(16-22)33-19-21-10-5-2-6-11-21/h1-17,30H,18-19H2. The van der Waals surface area contributed by atoms with Gasteiger partial charge in [-0.05, 0) is 41.5 Å². The van der Waals surface area contributed by atoms with Gasteiger partial charge in [0.15, 0.2) is 16.9 Å². The van der Waals surface area contributed by atoms with Crippen molar-refractivity contribution in [2.24, 2.45) is 0 Å². The number of aromatic hydroxyl groups is 1. The quantitative estimate of drug-likeness (QED) is 0.314. The van der Waals surface area contributed by atoms with Gasteiger partial charge in [0.2, 0.25) is 0 Å². The fourth-order valence-corrected chi connectivity index (χ4v) is 3.70. The van der Waals surface area contributed by atoms with Crippen LogP contribution in [0.5, 0.6) is 17.2 Å². The Morgan fingerprint density at radius 1 is 0.676 bits per heavy atom. The van der Waals surface area contributed by atoms with Crippen molar-refractivity contribution in [3.05, 3.63) is 124 Å². The van der Waals surface area contributed by atoms with Gasteiger partial charge >= 0.3 is 0 Å². The predicted octanol–water partition coefficient (Wildman–Crippen LogP) is 6.32. The second-order valence-corrected chi connectivity index (χ2v) is 7.84. The smallest absolute Gasteiger partial charge is 0.197 e. The van der Waals surface area contributed by atoms with Crippen LogP contribution < -0.4 is 14.9 Å². The van der Waals surface area contributed by atoms with Crippen LogP contribution in [0.4, 0.5) is 0 Å². The monoisotopic (exact) mass is 450 g/mol. The van der Waals surface area contributed by atoms with Gasteiger partial charge < -0.3 is 19.0 Å². The van der Waals surface area contributed by atoms with Crippen LogP contribution in [0.1, 0.15) is 11.1 Å². The molecule has 5 rings (SSSR count). The van der Waals surface area contributed by atoms with Gasteiger partial charge in [0, 0.05) is 11.6 Å². The summed E-state index contributed by atoms with van der Waals surface area (Å²) < 4.78 is 18.1. The van der Waals surface area contributed by atoms with E-state index in [0.29, 0.717) is 41.6 Å². The molecule has 0 spiro atoms. The van der Waals surface area contributed by atoms with Crippen molar-refractivity contribution < 1.29 is 19.0 Å². The lowest BCUT2D eigenvalue weighted by atomic mass is 10.1. The Morgan fingerprint density at radius 3 is 2.00 bits per heavy atom. The van der Waals surface area contributed by atoms with E-state index >= 15 is 0 Å². The SMILES string of the molecule is O=c1cc(-c2ccc(OCc3ccccc3)c(OCc3ccccc3)c2)oc2cccc(O)c12. The van der Waals surface area contributed by atoms with E-state index in [4.69, 9.17) is 13.9 Å². The molecule has 0 aliphatic rings. The molecule has 0 saturated heterocycles. The highest BCUT2D eigenvalue weighted by Gasteiger charge is 2.14. The fraction of sp³-hybridized carbons (Fsp3) is 0.0690. The van der Waals surface area contributed by atoms with Crippen molar-refractivity contribution in [1.82, 2.24) is 0 Å². The third-order valence-corrected chi connectivity index (χ3v) is 5.44. The van der Waals surface area contributed by atoms with Gasteiger partial charge in [-0.3, -0.25) is 4.79 Å². The number of phenolic OH excluding ortho intramolecular Hbond substituents is 1. The first-order chi connectivity index (χ1) is 16.7. The Balaban J connectivity index is 1.49. The lowest BCUT2D eigenvalue weighted by Gasteiger charge is -2.15. The maximum Gasteiger partial charge on any atom is 0.197 e. The van der Waals surface area contributed by atoms with Crippen LogP contribution in [0.15, 0.2) is 112 Å². The summed E-state index contributed by atoms with van der Waals surface area (Å²) in [6.45, 7) is 0.758. The molecule has 0 radical (unpaired) electrons. The molecule has 1 aromatic heterocycles. The number of rotatable bonds is 7. The van der Waals surface area contributed by atoms with Crippen molar-refractivity contribution in [3.8, 4) is 28.6 Å². The topological polar surface area (TPSA) is 68.9 Å². The second-order valence-electron chi connectivity index (χ2n) is 7.84. The molecule has 34 heavy (non-hydrogen) atoms. The number of phenols is 1. The molecule has 0 bridgehead atoms. The average molecular weight is 450 g/mol. The van der Waals surface area contributed by atoms with E-state index in [2.05, 4.69) is 0 Å². The van der Waals surface area contributed by atoms with Gasteiger partial charge in [-0.15, -0.1) is 0 Å². The molecule has 1 heterocycles. The minimum atomic E-state index is -0.314. The van der Waals surface area contributed by atoms with E-state index < -0.39 is 0 Å². The normalized spacial score (nSPS) is 10.8. The molecular weight excluding hydrogens is 428 g/mol. The molecule has 5 heteroatoms. The van der Waals surface area contributed by atoms with E-state index in [0.717, 1.165) is 11.1 Å². The maximum atomic E-state index is 12.6. The molecule has 168 valence electrons. The fourth-order valence-electron chi connectivity index (χ4n) is 3.70. The summed E-state index contributed by atoms with van der Waals surface area (Å²) in [4.78, 5) is 12.6. The maximum absolute atomic E-state index is 12.6. The van der Waals surface area contributed by atoms with Crippen molar-refractivity contribution in [3.63, 3.8) is 0 Å². The van der Waals surface area contributed by atoms with Gasteiger partial charge in [-0.2, -0.15) is 0 Å². The zero-order valence-corrected chi connectivity index (χ0v) is 18.3. The third-order valence-electron chi connectivity index (χ3n) is 5.44. The van der Waals surface area contributed by atoms with E-state index in [1.807, 2.05) is 72.8 Å². The van der Waals surface area contributed by atoms with Crippen molar-refractivity contribution >= 4 is 11.0 Å². The molecule has 4 aromatic carbocycles. The molecule has 5 aromatic rings. The molecule has 0 aliphatic carbocycles. The Hall–Kier alpha value is -4.51. The number of fused-ring (bicyclic) bond motifs is 1. The van der Waals surface area contributed by atoms with Crippen LogP contribution in [0.3, 0.4) is 0 Å². The van der Waals surface area contributed by atoms with Gasteiger partial charge in [-0.25, -0.2) is 0 Å². The van der Waals surface area contributed by atoms with Crippen molar-refractivity contribution in [1.29, 1.82) is 0 Å². The van der Waals surface area contributed by atoms with Crippen molar-refractivity contribution in [2.45, 2.75) is 13.2 Å². The highest BCUT2D eigenvalue weighted by Crippen LogP contribution is 2.35. The van der Waals surface area contributed by atoms with E-state index in [1.54, 1.807) is 18.2 Å². The van der Waals surface area contributed by atoms with E-state index in [1.165, 1.54) is 12.1 Å². The predicted molar refractivity (Wildman–Crippen MR) is 131 cm³/mol. The van der Waals surface area contributed by atoms with E-state index in [-0.39, 0.29) is 16.6 Å². The Labute approximate surface area is 196 Å². The summed E-state index contributed by atoms with van der Waals surface area (Å²) in [7, 11) is 0. The van der Waals surface area contributed by atoms with Crippen LogP contribution >= 0.6 is 0 Å². The first-order valence-electron chi connectivity index (χ1n) is 10.9. The molecule has 0 aliphatic heterocycles. The van der Waals surface area contributed by atoms with Crippen LogP contribution in [0, 0.1) is 0 Å². The van der Waals surface area contributed by atoms with E-state index in [9.17, 15) is 9.90 Å². The molecule has 0 unspecified atom stereocenters. The first-order valence-corrected chi connectivity index (χ1v) is 10.9. The molecule has 1 N–H and O–H groups in total. The van der Waals surface area contributed by atoms with Crippen LogP contribution in [-0.2, 0) is 13.2 Å². The average Bonchev–Trinajstić information content (AvgIpc) is 2.87. The molecule has 0 atom stereocenters. The lowest BCUT2D eigenvalue weighted by Crippen LogP contribution is -2.02. The summed E-state index contributed by atoms with van der Waals surface area (Å²) in [6.07, 6.45) is 0. The second kappa shape index (κ2) is 9.55. The van der Waals surface area contributed by atoms with Crippen molar-refractivity contribution in [2.75, 3.05) is 0 Å². The third kappa shape index (κ3) is 4.64. The first kappa shape index (κ1) is 21.3. The molecule has 0 saturated carbocycles. The lowest BCUT2D eigenvalue weighted by molar-refractivity contribution is 0.256. The highest BCUT2D eigenvalue weighted by molar-refractivity contribution is 5.84. The molecule has 5 nitrogen and oxygen atoms in total. The van der Waals surface area contributed by atoms with Crippen LogP contribution in [-0.4, -0.2) is 5.11 Å².